The third kappa shape index (κ3) is 4.83. The van der Waals surface area contributed by atoms with Crippen LogP contribution in [0.1, 0.15) is 52.5 Å². The van der Waals surface area contributed by atoms with Crippen LogP contribution < -0.4 is 0 Å². The molecule has 0 aliphatic carbocycles. The number of rotatable bonds is 8. The van der Waals surface area contributed by atoms with Gasteiger partial charge in [-0.15, -0.1) is 0 Å². The Bertz CT molecular complexity index is 359. The van der Waals surface area contributed by atoms with Gasteiger partial charge < -0.3 is 0 Å². The molecule has 0 aliphatic rings. The molecule has 1 nitrogen and oxygen atoms in total. The van der Waals surface area contributed by atoms with Crippen molar-refractivity contribution in [2.24, 2.45) is 0 Å². The second-order valence-electron chi connectivity index (χ2n) is 5.47. The predicted molar refractivity (Wildman–Crippen MR) is 86.3 cm³/mol. The van der Waals surface area contributed by atoms with Crippen molar-refractivity contribution in [1.29, 1.82) is 0 Å². The summed E-state index contributed by atoms with van der Waals surface area (Å²) in [6.45, 7) is 14.6. The zero-order valence-electron chi connectivity index (χ0n) is 13.0. The third-order valence-corrected chi connectivity index (χ3v) is 4.17. The van der Waals surface area contributed by atoms with Gasteiger partial charge in [0.2, 0.25) is 0 Å². The third-order valence-electron chi connectivity index (χ3n) is 4.17. The Labute approximate surface area is 119 Å². The van der Waals surface area contributed by atoms with Crippen LogP contribution in [0.2, 0.25) is 0 Å². The number of hydrogen-bond acceptors (Lipinski definition) is 1. The van der Waals surface area contributed by atoms with Crippen LogP contribution in [0, 0.1) is 0 Å². The van der Waals surface area contributed by atoms with E-state index in [-0.39, 0.29) is 0 Å². The van der Waals surface area contributed by atoms with Gasteiger partial charge in [0.05, 0.1) is 0 Å². The average molecular weight is 259 g/mol. The fourth-order valence-electron chi connectivity index (χ4n) is 2.43. The van der Waals surface area contributed by atoms with Crippen molar-refractivity contribution in [3.8, 4) is 0 Å². The number of nitrogens with zero attached hydrogens (tertiary/aromatic N) is 1. The zero-order chi connectivity index (χ0) is 14.3. The summed E-state index contributed by atoms with van der Waals surface area (Å²) >= 11 is 0. The van der Waals surface area contributed by atoms with Crippen LogP contribution in [0.15, 0.2) is 36.9 Å². The Balaban J connectivity index is 2.59. The Morgan fingerprint density at radius 3 is 2.05 bits per heavy atom. The molecule has 1 aromatic rings. The van der Waals surface area contributed by atoms with E-state index in [1.807, 2.05) is 0 Å². The summed E-state index contributed by atoms with van der Waals surface area (Å²) in [5.41, 5.74) is 2.52. The molecule has 0 radical (unpaired) electrons. The lowest BCUT2D eigenvalue weighted by Gasteiger charge is -2.34. The van der Waals surface area contributed by atoms with Gasteiger partial charge in [0, 0.05) is 18.6 Å². The summed E-state index contributed by atoms with van der Waals surface area (Å²) in [5.74, 6) is 0. The van der Waals surface area contributed by atoms with Gasteiger partial charge >= 0.3 is 0 Å². The Morgan fingerprint density at radius 2 is 1.58 bits per heavy atom. The van der Waals surface area contributed by atoms with Crippen molar-refractivity contribution >= 4 is 5.57 Å². The maximum atomic E-state index is 4.24. The van der Waals surface area contributed by atoms with Crippen molar-refractivity contribution in [1.82, 2.24) is 4.90 Å². The minimum absolute atomic E-state index is 0.651. The summed E-state index contributed by atoms with van der Waals surface area (Å²) < 4.78 is 0. The van der Waals surface area contributed by atoms with E-state index in [1.165, 1.54) is 24.0 Å². The second kappa shape index (κ2) is 8.16. The van der Waals surface area contributed by atoms with E-state index in [1.54, 1.807) is 0 Å². The molecule has 1 heteroatoms. The van der Waals surface area contributed by atoms with Crippen LogP contribution >= 0.6 is 0 Å². The molecule has 2 atom stereocenters. The molecule has 0 aliphatic heterocycles. The first kappa shape index (κ1) is 16.0. The van der Waals surface area contributed by atoms with Crippen molar-refractivity contribution in [2.45, 2.75) is 59.0 Å². The molecule has 0 saturated heterocycles. The van der Waals surface area contributed by atoms with E-state index >= 15 is 0 Å². The van der Waals surface area contributed by atoms with Gasteiger partial charge in [-0.05, 0) is 44.2 Å². The van der Waals surface area contributed by atoms with E-state index < -0.39 is 0 Å². The highest BCUT2D eigenvalue weighted by atomic mass is 15.2. The monoisotopic (exact) mass is 259 g/mol. The van der Waals surface area contributed by atoms with Crippen LogP contribution in [-0.4, -0.2) is 23.5 Å². The highest BCUT2D eigenvalue weighted by molar-refractivity contribution is 5.63. The summed E-state index contributed by atoms with van der Waals surface area (Å²) in [5, 5.41) is 0. The smallest absolute Gasteiger partial charge is 0.00672 e. The van der Waals surface area contributed by atoms with Gasteiger partial charge in [-0.2, -0.15) is 0 Å². The molecular formula is C18H29N. The van der Waals surface area contributed by atoms with E-state index in [2.05, 4.69) is 69.5 Å². The molecule has 0 amide bonds. The molecule has 0 N–H and O–H groups in total. The van der Waals surface area contributed by atoms with Crippen LogP contribution in [-0.2, 0) is 0 Å². The van der Waals surface area contributed by atoms with Crippen molar-refractivity contribution in [3.05, 3.63) is 42.5 Å². The molecular weight excluding hydrogens is 230 g/mol. The molecule has 0 saturated carbocycles. The minimum atomic E-state index is 0.651. The lowest BCUT2D eigenvalue weighted by Crippen LogP contribution is -2.40. The van der Waals surface area contributed by atoms with Gasteiger partial charge in [0.25, 0.3) is 0 Å². The SMILES string of the molecule is C=C(CCN(C(C)CC)C(C)CC)c1ccccc1. The zero-order valence-corrected chi connectivity index (χ0v) is 13.0. The first-order chi connectivity index (χ1) is 9.10. The second-order valence-corrected chi connectivity index (χ2v) is 5.47. The molecule has 0 fully saturated rings. The number of hydrogen-bond donors (Lipinski definition) is 0. The number of benzene rings is 1. The van der Waals surface area contributed by atoms with E-state index in [4.69, 9.17) is 0 Å². The maximum absolute atomic E-state index is 4.24. The molecule has 0 bridgehead atoms. The van der Waals surface area contributed by atoms with E-state index in [9.17, 15) is 0 Å². The lowest BCUT2D eigenvalue weighted by atomic mass is 10.0. The molecule has 1 rings (SSSR count). The molecule has 0 spiro atoms. The standard InChI is InChI=1S/C18H29N/c1-6-16(4)19(17(5)7-2)14-13-15(3)18-11-9-8-10-12-18/h8-12,16-17H,3,6-7,13-14H2,1-2,4-5H3. The highest BCUT2D eigenvalue weighted by Gasteiger charge is 2.17. The lowest BCUT2D eigenvalue weighted by molar-refractivity contribution is 0.150. The van der Waals surface area contributed by atoms with Gasteiger partial charge in [-0.25, -0.2) is 0 Å². The van der Waals surface area contributed by atoms with Crippen LogP contribution in [0.3, 0.4) is 0 Å². The van der Waals surface area contributed by atoms with Gasteiger partial charge in [0.15, 0.2) is 0 Å². The summed E-state index contributed by atoms with van der Waals surface area (Å²) in [4.78, 5) is 2.62. The molecule has 0 aromatic heterocycles. The normalized spacial score (nSPS) is 14.4. The quantitative estimate of drug-likeness (QED) is 0.636. The summed E-state index contributed by atoms with van der Waals surface area (Å²) in [7, 11) is 0. The van der Waals surface area contributed by atoms with Crippen LogP contribution in [0.5, 0.6) is 0 Å². The molecule has 19 heavy (non-hydrogen) atoms. The summed E-state index contributed by atoms with van der Waals surface area (Å²) in [6, 6.07) is 11.8. The van der Waals surface area contributed by atoms with Gasteiger partial charge in [-0.3, -0.25) is 4.90 Å². The van der Waals surface area contributed by atoms with Gasteiger partial charge in [0.1, 0.15) is 0 Å². The van der Waals surface area contributed by atoms with Crippen LogP contribution in [0.4, 0.5) is 0 Å². The van der Waals surface area contributed by atoms with Crippen LogP contribution in [0.25, 0.3) is 5.57 Å². The first-order valence-corrected chi connectivity index (χ1v) is 7.59. The van der Waals surface area contributed by atoms with E-state index in [0.29, 0.717) is 12.1 Å². The van der Waals surface area contributed by atoms with Crippen molar-refractivity contribution in [2.75, 3.05) is 6.54 Å². The average Bonchev–Trinajstić information content (AvgIpc) is 2.47. The largest absolute Gasteiger partial charge is 0.298 e. The summed E-state index contributed by atoms with van der Waals surface area (Å²) in [6.07, 6.45) is 3.48. The Hall–Kier alpha value is -1.08. The Morgan fingerprint density at radius 1 is 1.05 bits per heavy atom. The fraction of sp³-hybridized carbons (Fsp3) is 0.556. The van der Waals surface area contributed by atoms with Crippen molar-refractivity contribution < 1.29 is 0 Å². The maximum Gasteiger partial charge on any atom is 0.00672 e. The molecule has 2 unspecified atom stereocenters. The van der Waals surface area contributed by atoms with Gasteiger partial charge in [-0.1, -0.05) is 50.8 Å². The van der Waals surface area contributed by atoms with Crippen molar-refractivity contribution in [3.63, 3.8) is 0 Å². The first-order valence-electron chi connectivity index (χ1n) is 7.59. The highest BCUT2D eigenvalue weighted by Crippen LogP contribution is 2.19. The minimum Gasteiger partial charge on any atom is -0.298 e. The molecule has 106 valence electrons. The molecule has 1 aromatic carbocycles. The molecule has 0 heterocycles. The fourth-order valence-corrected chi connectivity index (χ4v) is 2.43. The predicted octanol–water partition coefficient (Wildman–Crippen LogP) is 4.99. The topological polar surface area (TPSA) is 3.24 Å². The Kier molecular flexibility index (Phi) is 6.86. The van der Waals surface area contributed by atoms with E-state index in [0.717, 1.165) is 13.0 Å².